The molecule has 0 spiro atoms. The van der Waals surface area contributed by atoms with Crippen LogP contribution in [0.25, 0.3) is 0 Å². The molecule has 2 aromatic carbocycles. The molecule has 36 heavy (non-hydrogen) atoms. The summed E-state index contributed by atoms with van der Waals surface area (Å²) in [6.45, 7) is 16.1. The maximum absolute atomic E-state index is 14.9. The third-order valence-electron chi connectivity index (χ3n) is 6.74. The molecule has 1 amide bonds. The van der Waals surface area contributed by atoms with E-state index in [-0.39, 0.29) is 43.9 Å². The molecular formula is C31H40N2O2Zr. The van der Waals surface area contributed by atoms with Crippen LogP contribution in [0.15, 0.2) is 72.9 Å². The van der Waals surface area contributed by atoms with Gasteiger partial charge in [-0.05, 0) is 68.4 Å². The molecule has 0 bridgehead atoms. The van der Waals surface area contributed by atoms with Crippen molar-refractivity contribution in [2.24, 2.45) is 0 Å². The Morgan fingerprint density at radius 1 is 0.806 bits per heavy atom. The van der Waals surface area contributed by atoms with E-state index in [1.54, 1.807) is 20.0 Å². The van der Waals surface area contributed by atoms with Crippen molar-refractivity contribution in [3.63, 3.8) is 0 Å². The summed E-state index contributed by atoms with van der Waals surface area (Å²) < 4.78 is 0. The Labute approximate surface area is 236 Å². The molecule has 4 nitrogen and oxygen atoms in total. The second-order valence-electron chi connectivity index (χ2n) is 11.0. The number of rotatable bonds is 8. The summed E-state index contributed by atoms with van der Waals surface area (Å²) in [6.07, 6.45) is 1.75. The van der Waals surface area contributed by atoms with Crippen LogP contribution in [0.1, 0.15) is 106 Å². The third kappa shape index (κ3) is 6.24. The fraction of sp³-hybridized carbons (Fsp3) is 0.419. The summed E-state index contributed by atoms with van der Waals surface area (Å²) in [6, 6.07) is 21.1. The number of carbonyl (C=O) groups is 1. The second kappa shape index (κ2) is 12.0. The zero-order chi connectivity index (χ0) is 26.0. The van der Waals surface area contributed by atoms with Gasteiger partial charge in [0.25, 0.3) is 5.91 Å². The minimum atomic E-state index is -1.21. The van der Waals surface area contributed by atoms with Gasteiger partial charge in [-0.15, -0.1) is 0 Å². The molecule has 1 heterocycles. The Balaban J connectivity index is 0.00000456. The van der Waals surface area contributed by atoms with Crippen molar-refractivity contribution in [2.75, 3.05) is 0 Å². The van der Waals surface area contributed by atoms with Gasteiger partial charge in [-0.2, -0.15) is 0 Å². The van der Waals surface area contributed by atoms with E-state index in [2.05, 4.69) is 44.8 Å². The molecule has 1 unspecified atom stereocenters. The van der Waals surface area contributed by atoms with E-state index in [1.165, 1.54) is 0 Å². The average Bonchev–Trinajstić information content (AvgIpc) is 2.81. The predicted molar refractivity (Wildman–Crippen MR) is 144 cm³/mol. The SMILES string of the molecule is CC(C)c1cccc(C(C)C)c1C(=O)N(C(c1ccccc1)C(C)(C)O)C(C)(C)c1ccccn1.[Zr]. The number of hydrogen-bond acceptors (Lipinski definition) is 3. The number of nitrogens with zero attached hydrogens (tertiary/aromatic N) is 2. The van der Waals surface area contributed by atoms with Gasteiger partial charge in [0.2, 0.25) is 0 Å². The first kappa shape index (κ1) is 30.1. The van der Waals surface area contributed by atoms with Gasteiger partial charge >= 0.3 is 0 Å². The van der Waals surface area contributed by atoms with Crippen LogP contribution in [0, 0.1) is 0 Å². The van der Waals surface area contributed by atoms with Gasteiger partial charge < -0.3 is 10.0 Å². The van der Waals surface area contributed by atoms with Gasteiger partial charge in [-0.1, -0.05) is 82.3 Å². The number of aliphatic hydroxyl groups is 1. The van der Waals surface area contributed by atoms with Crippen molar-refractivity contribution in [3.05, 3.63) is 101 Å². The van der Waals surface area contributed by atoms with E-state index in [4.69, 9.17) is 0 Å². The van der Waals surface area contributed by atoms with Crippen LogP contribution in [-0.2, 0) is 31.7 Å². The zero-order valence-electron chi connectivity index (χ0n) is 22.9. The van der Waals surface area contributed by atoms with Crippen LogP contribution < -0.4 is 0 Å². The van der Waals surface area contributed by atoms with E-state index in [9.17, 15) is 9.90 Å². The first-order valence-corrected chi connectivity index (χ1v) is 12.5. The molecule has 0 saturated heterocycles. The van der Waals surface area contributed by atoms with Crippen LogP contribution >= 0.6 is 0 Å². The number of carbonyl (C=O) groups excluding carboxylic acids is 1. The van der Waals surface area contributed by atoms with E-state index >= 15 is 0 Å². The molecule has 0 saturated carbocycles. The fourth-order valence-electron chi connectivity index (χ4n) is 4.97. The number of hydrogen-bond donors (Lipinski definition) is 1. The molecule has 5 heteroatoms. The van der Waals surface area contributed by atoms with Crippen molar-refractivity contribution >= 4 is 5.91 Å². The maximum Gasteiger partial charge on any atom is 0.255 e. The quantitative estimate of drug-likeness (QED) is 0.315. The van der Waals surface area contributed by atoms with E-state index in [1.807, 2.05) is 73.3 Å². The molecule has 1 N–H and O–H groups in total. The van der Waals surface area contributed by atoms with E-state index in [0.29, 0.717) is 0 Å². The minimum Gasteiger partial charge on any atom is -0.388 e. The monoisotopic (exact) mass is 562 g/mol. The molecular weight excluding hydrogens is 524 g/mol. The molecule has 1 atom stereocenters. The number of amides is 1. The summed E-state index contributed by atoms with van der Waals surface area (Å²) in [5.74, 6) is 0.249. The van der Waals surface area contributed by atoms with Crippen LogP contribution in [0.4, 0.5) is 0 Å². The van der Waals surface area contributed by atoms with Gasteiger partial charge in [-0.3, -0.25) is 9.78 Å². The van der Waals surface area contributed by atoms with E-state index in [0.717, 1.165) is 27.9 Å². The van der Waals surface area contributed by atoms with Crippen molar-refractivity contribution in [2.45, 2.75) is 84.4 Å². The Morgan fingerprint density at radius 3 is 1.78 bits per heavy atom. The molecule has 3 aromatic rings. The summed E-state index contributed by atoms with van der Waals surface area (Å²) in [4.78, 5) is 21.4. The number of aromatic nitrogens is 1. The Kier molecular flexibility index (Phi) is 10.0. The number of benzene rings is 2. The third-order valence-corrected chi connectivity index (χ3v) is 6.74. The summed E-state index contributed by atoms with van der Waals surface area (Å²) in [7, 11) is 0. The topological polar surface area (TPSA) is 53.4 Å². The molecule has 3 rings (SSSR count). The minimum absolute atomic E-state index is 0. The molecule has 0 fully saturated rings. The summed E-state index contributed by atoms with van der Waals surface area (Å²) >= 11 is 0. The van der Waals surface area contributed by atoms with Crippen molar-refractivity contribution in [3.8, 4) is 0 Å². The molecule has 0 aliphatic rings. The smallest absolute Gasteiger partial charge is 0.255 e. The Bertz CT molecular complexity index is 1110. The summed E-state index contributed by atoms with van der Waals surface area (Å²) in [5, 5.41) is 11.5. The fourth-order valence-corrected chi connectivity index (χ4v) is 4.97. The van der Waals surface area contributed by atoms with Gasteiger partial charge in [0.05, 0.1) is 22.9 Å². The first-order chi connectivity index (χ1) is 16.4. The van der Waals surface area contributed by atoms with Crippen molar-refractivity contribution in [1.29, 1.82) is 0 Å². The summed E-state index contributed by atoms with van der Waals surface area (Å²) in [5.41, 5.74) is 2.39. The molecule has 0 radical (unpaired) electrons. The average molecular weight is 564 g/mol. The zero-order valence-corrected chi connectivity index (χ0v) is 25.4. The standard InChI is InChI=1S/C31H40N2O2.Zr/c1-21(2)24-17-14-18-25(22(3)4)27(24)29(34)33(30(5,6)26-19-12-13-20-32-26)28(31(7,8)35)23-15-10-9-11-16-23;/h9-22,28,35H,1-8H3;. The normalized spacial score (nSPS) is 12.9. The van der Waals surface area contributed by atoms with Crippen molar-refractivity contribution in [1.82, 2.24) is 9.88 Å². The largest absolute Gasteiger partial charge is 0.388 e. The second-order valence-corrected chi connectivity index (χ2v) is 11.0. The van der Waals surface area contributed by atoms with Gasteiger partial charge in [0, 0.05) is 38.0 Å². The maximum atomic E-state index is 14.9. The molecule has 0 aliphatic carbocycles. The Hall–Kier alpha value is -2.10. The first-order valence-electron chi connectivity index (χ1n) is 12.5. The van der Waals surface area contributed by atoms with Gasteiger partial charge in [-0.25, -0.2) is 0 Å². The van der Waals surface area contributed by atoms with Crippen LogP contribution in [0.3, 0.4) is 0 Å². The van der Waals surface area contributed by atoms with Crippen molar-refractivity contribution < 1.29 is 36.1 Å². The van der Waals surface area contributed by atoms with Gasteiger partial charge in [0.1, 0.15) is 0 Å². The van der Waals surface area contributed by atoms with Crippen LogP contribution in [-0.4, -0.2) is 26.5 Å². The van der Waals surface area contributed by atoms with E-state index < -0.39 is 17.2 Å². The number of pyridine rings is 1. The van der Waals surface area contributed by atoms with Crippen LogP contribution in [0.2, 0.25) is 0 Å². The van der Waals surface area contributed by atoms with Crippen LogP contribution in [0.5, 0.6) is 0 Å². The van der Waals surface area contributed by atoms with Gasteiger partial charge in [0.15, 0.2) is 0 Å². The predicted octanol–water partition coefficient (Wildman–Crippen LogP) is 7.22. The molecule has 190 valence electrons. The molecule has 0 aliphatic heterocycles. The molecule has 1 aromatic heterocycles. The Morgan fingerprint density at radius 2 is 1.33 bits per heavy atom.